The van der Waals surface area contributed by atoms with Crippen molar-refractivity contribution in [1.82, 2.24) is 5.32 Å². The monoisotopic (exact) mass is 234 g/mol. The van der Waals surface area contributed by atoms with Crippen molar-refractivity contribution in [2.75, 3.05) is 53.2 Å². The molecule has 6 nitrogen and oxygen atoms in total. The summed E-state index contributed by atoms with van der Waals surface area (Å²) in [4.78, 5) is 11.2. The van der Waals surface area contributed by atoms with Crippen LogP contribution in [0.3, 0.4) is 0 Å². The van der Waals surface area contributed by atoms with Crippen molar-refractivity contribution >= 4 is 5.91 Å². The zero-order valence-corrected chi connectivity index (χ0v) is 9.87. The number of nitrogens with one attached hydrogen (secondary N) is 1. The standard InChI is InChI=1S/C10H22N2O4/c1-14-7-4-12-10(13)2-5-15-8-9-16-6-3-11/h2-9,11H2,1H3,(H,12,13). The molecule has 0 aromatic heterocycles. The summed E-state index contributed by atoms with van der Waals surface area (Å²) in [6.07, 6.45) is 0.362. The maximum atomic E-state index is 11.2. The van der Waals surface area contributed by atoms with Gasteiger partial charge < -0.3 is 25.3 Å². The molecule has 0 aliphatic rings. The molecule has 96 valence electrons. The number of carbonyl (C=O) groups is 1. The Morgan fingerprint density at radius 1 is 1.12 bits per heavy atom. The van der Waals surface area contributed by atoms with Gasteiger partial charge in [-0.15, -0.1) is 0 Å². The lowest BCUT2D eigenvalue weighted by molar-refractivity contribution is -0.122. The highest BCUT2D eigenvalue weighted by atomic mass is 16.5. The molecule has 0 unspecified atom stereocenters. The number of hydrogen-bond donors (Lipinski definition) is 2. The van der Waals surface area contributed by atoms with Gasteiger partial charge in [-0.05, 0) is 0 Å². The molecule has 0 aromatic rings. The molecule has 0 saturated carbocycles. The van der Waals surface area contributed by atoms with Crippen LogP contribution < -0.4 is 11.1 Å². The first-order valence-corrected chi connectivity index (χ1v) is 5.42. The van der Waals surface area contributed by atoms with Crippen LogP contribution in [0.15, 0.2) is 0 Å². The third-order valence-corrected chi connectivity index (χ3v) is 1.74. The largest absolute Gasteiger partial charge is 0.383 e. The highest BCUT2D eigenvalue weighted by molar-refractivity contribution is 5.75. The predicted octanol–water partition coefficient (Wildman–Crippen LogP) is -0.869. The molecular weight excluding hydrogens is 212 g/mol. The molecule has 0 spiro atoms. The van der Waals surface area contributed by atoms with Crippen LogP contribution in [0.1, 0.15) is 6.42 Å². The summed E-state index contributed by atoms with van der Waals surface area (Å²) < 4.78 is 15.1. The van der Waals surface area contributed by atoms with Gasteiger partial charge in [0, 0.05) is 26.6 Å². The maximum absolute atomic E-state index is 11.2. The normalized spacial score (nSPS) is 10.4. The van der Waals surface area contributed by atoms with Gasteiger partial charge >= 0.3 is 0 Å². The van der Waals surface area contributed by atoms with Crippen molar-refractivity contribution in [3.05, 3.63) is 0 Å². The second-order valence-electron chi connectivity index (χ2n) is 3.11. The summed E-state index contributed by atoms with van der Waals surface area (Å²) in [5, 5.41) is 2.70. The quantitative estimate of drug-likeness (QED) is 0.454. The number of carbonyl (C=O) groups excluding carboxylic acids is 1. The third-order valence-electron chi connectivity index (χ3n) is 1.74. The second-order valence-corrected chi connectivity index (χ2v) is 3.11. The minimum absolute atomic E-state index is 0.0278. The molecule has 0 heterocycles. The molecule has 0 aliphatic heterocycles. The van der Waals surface area contributed by atoms with E-state index < -0.39 is 0 Å². The van der Waals surface area contributed by atoms with Crippen LogP contribution >= 0.6 is 0 Å². The van der Waals surface area contributed by atoms with Crippen LogP contribution in [-0.4, -0.2) is 59.1 Å². The molecule has 0 radical (unpaired) electrons. The average molecular weight is 234 g/mol. The van der Waals surface area contributed by atoms with Gasteiger partial charge in [-0.1, -0.05) is 0 Å². The van der Waals surface area contributed by atoms with E-state index in [1.54, 1.807) is 7.11 Å². The summed E-state index contributed by atoms with van der Waals surface area (Å²) in [5.74, 6) is -0.0278. The van der Waals surface area contributed by atoms with E-state index in [0.29, 0.717) is 52.5 Å². The fourth-order valence-corrected chi connectivity index (χ4v) is 0.951. The van der Waals surface area contributed by atoms with E-state index in [4.69, 9.17) is 19.9 Å². The molecule has 1 amide bonds. The molecule has 0 aliphatic carbocycles. The van der Waals surface area contributed by atoms with Gasteiger partial charge in [-0.25, -0.2) is 0 Å². The Morgan fingerprint density at radius 3 is 2.44 bits per heavy atom. The first-order valence-electron chi connectivity index (χ1n) is 5.42. The predicted molar refractivity (Wildman–Crippen MR) is 60.2 cm³/mol. The van der Waals surface area contributed by atoms with Crippen molar-refractivity contribution in [3.8, 4) is 0 Å². The highest BCUT2D eigenvalue weighted by Crippen LogP contribution is 1.84. The summed E-state index contributed by atoms with van der Waals surface area (Å²) >= 11 is 0. The van der Waals surface area contributed by atoms with Crippen LogP contribution in [-0.2, 0) is 19.0 Å². The fourth-order valence-electron chi connectivity index (χ4n) is 0.951. The highest BCUT2D eigenvalue weighted by Gasteiger charge is 1.99. The van der Waals surface area contributed by atoms with Gasteiger partial charge in [0.05, 0.1) is 33.0 Å². The van der Waals surface area contributed by atoms with E-state index in [9.17, 15) is 4.79 Å². The van der Waals surface area contributed by atoms with Crippen LogP contribution in [0.5, 0.6) is 0 Å². The summed E-state index contributed by atoms with van der Waals surface area (Å²) in [6, 6.07) is 0. The van der Waals surface area contributed by atoms with Crippen LogP contribution in [0, 0.1) is 0 Å². The number of hydrogen-bond acceptors (Lipinski definition) is 5. The molecule has 6 heteroatoms. The Kier molecular flexibility index (Phi) is 11.8. The molecule has 0 aromatic carbocycles. The second kappa shape index (κ2) is 12.4. The van der Waals surface area contributed by atoms with E-state index in [2.05, 4.69) is 5.32 Å². The SMILES string of the molecule is COCCNC(=O)CCOCCOCCN. The molecule has 0 bridgehead atoms. The lowest BCUT2D eigenvalue weighted by atomic mass is 10.4. The lowest BCUT2D eigenvalue weighted by Crippen LogP contribution is -2.27. The molecule has 0 saturated heterocycles. The number of methoxy groups -OCH3 is 1. The fraction of sp³-hybridized carbons (Fsp3) is 0.900. The van der Waals surface area contributed by atoms with Crippen LogP contribution in [0.25, 0.3) is 0 Å². The van der Waals surface area contributed by atoms with Crippen LogP contribution in [0.2, 0.25) is 0 Å². The first-order chi connectivity index (χ1) is 7.81. The van der Waals surface area contributed by atoms with E-state index in [-0.39, 0.29) is 5.91 Å². The van der Waals surface area contributed by atoms with Crippen molar-refractivity contribution in [3.63, 3.8) is 0 Å². The summed E-state index contributed by atoms with van der Waals surface area (Å²) in [7, 11) is 1.59. The summed E-state index contributed by atoms with van der Waals surface area (Å²) in [6.45, 7) is 3.54. The van der Waals surface area contributed by atoms with Crippen molar-refractivity contribution in [2.45, 2.75) is 6.42 Å². The van der Waals surface area contributed by atoms with E-state index >= 15 is 0 Å². The van der Waals surface area contributed by atoms with Gasteiger partial charge in [0.25, 0.3) is 0 Å². The van der Waals surface area contributed by atoms with Gasteiger partial charge in [0.2, 0.25) is 5.91 Å². The average Bonchev–Trinajstić information content (AvgIpc) is 2.28. The Bertz CT molecular complexity index is 167. The van der Waals surface area contributed by atoms with Crippen molar-refractivity contribution < 1.29 is 19.0 Å². The molecule has 3 N–H and O–H groups in total. The number of ether oxygens (including phenoxy) is 3. The van der Waals surface area contributed by atoms with Gasteiger partial charge in [-0.3, -0.25) is 4.79 Å². The lowest BCUT2D eigenvalue weighted by Gasteiger charge is -2.06. The topological polar surface area (TPSA) is 82.8 Å². The molecular formula is C10H22N2O4. The minimum Gasteiger partial charge on any atom is -0.383 e. The minimum atomic E-state index is -0.0278. The van der Waals surface area contributed by atoms with E-state index in [0.717, 1.165) is 0 Å². The Morgan fingerprint density at radius 2 is 1.81 bits per heavy atom. The van der Waals surface area contributed by atoms with Gasteiger partial charge in [0.15, 0.2) is 0 Å². The number of amides is 1. The van der Waals surface area contributed by atoms with Gasteiger partial charge in [0.1, 0.15) is 0 Å². The number of nitrogens with two attached hydrogens (primary N) is 1. The molecule has 0 atom stereocenters. The van der Waals surface area contributed by atoms with E-state index in [1.165, 1.54) is 0 Å². The van der Waals surface area contributed by atoms with E-state index in [1.807, 2.05) is 0 Å². The summed E-state index contributed by atoms with van der Waals surface area (Å²) in [5.41, 5.74) is 5.24. The zero-order chi connectivity index (χ0) is 12.1. The maximum Gasteiger partial charge on any atom is 0.222 e. The molecule has 0 fully saturated rings. The van der Waals surface area contributed by atoms with Crippen molar-refractivity contribution in [2.24, 2.45) is 5.73 Å². The Labute approximate surface area is 96.4 Å². The third kappa shape index (κ3) is 11.4. The zero-order valence-electron chi connectivity index (χ0n) is 9.87. The smallest absolute Gasteiger partial charge is 0.222 e. The number of rotatable bonds is 11. The van der Waals surface area contributed by atoms with Crippen LogP contribution in [0.4, 0.5) is 0 Å². The first kappa shape index (κ1) is 15.3. The Hall–Kier alpha value is -0.690. The van der Waals surface area contributed by atoms with Gasteiger partial charge in [-0.2, -0.15) is 0 Å². The molecule has 0 rings (SSSR count). The van der Waals surface area contributed by atoms with Crippen molar-refractivity contribution in [1.29, 1.82) is 0 Å². The molecule has 16 heavy (non-hydrogen) atoms. The Balaban J connectivity index is 3.09.